The lowest BCUT2D eigenvalue weighted by atomic mass is 9.90. The third kappa shape index (κ3) is 2.83. The Kier molecular flexibility index (Phi) is 4.11. The number of furan rings is 1. The van der Waals surface area contributed by atoms with Gasteiger partial charge in [-0.2, -0.15) is 0 Å². The van der Waals surface area contributed by atoms with Crippen molar-refractivity contribution in [1.29, 1.82) is 0 Å². The summed E-state index contributed by atoms with van der Waals surface area (Å²) in [5.41, 5.74) is -0.759. The Morgan fingerprint density at radius 1 is 1.26 bits per heavy atom. The number of nitrogens with zero attached hydrogens (tertiary/aromatic N) is 1. The molecule has 1 aromatic rings. The van der Waals surface area contributed by atoms with Gasteiger partial charge in [-0.05, 0) is 25.0 Å². The number of hydrogen-bond donors (Lipinski definition) is 1. The van der Waals surface area contributed by atoms with Crippen LogP contribution in [0, 0.1) is 0 Å². The van der Waals surface area contributed by atoms with Crippen LogP contribution in [0.1, 0.15) is 54.8 Å². The third-order valence-electron chi connectivity index (χ3n) is 4.57. The second-order valence-corrected chi connectivity index (χ2v) is 6.08. The van der Waals surface area contributed by atoms with Crippen molar-refractivity contribution in [2.75, 3.05) is 7.11 Å². The van der Waals surface area contributed by atoms with Crippen LogP contribution < -0.4 is 5.32 Å². The molecule has 124 valence electrons. The summed E-state index contributed by atoms with van der Waals surface area (Å²) in [6.07, 6.45) is 5.41. The van der Waals surface area contributed by atoms with Gasteiger partial charge >= 0.3 is 12.0 Å². The minimum Gasteiger partial charge on any atom is -0.463 e. The number of nitrogens with one attached hydrogen (secondary N) is 1. The van der Waals surface area contributed by atoms with Crippen molar-refractivity contribution in [2.24, 2.45) is 0 Å². The number of rotatable bonds is 3. The van der Waals surface area contributed by atoms with Crippen LogP contribution in [0.2, 0.25) is 0 Å². The summed E-state index contributed by atoms with van der Waals surface area (Å²) < 4.78 is 9.92. The van der Waals surface area contributed by atoms with Crippen LogP contribution in [-0.4, -0.2) is 35.5 Å². The van der Waals surface area contributed by atoms with E-state index in [1.54, 1.807) is 6.07 Å². The van der Waals surface area contributed by atoms with E-state index in [-0.39, 0.29) is 18.2 Å². The van der Waals surface area contributed by atoms with Crippen molar-refractivity contribution in [1.82, 2.24) is 10.2 Å². The molecule has 1 aliphatic heterocycles. The first-order valence-electron chi connectivity index (χ1n) is 7.87. The Balaban J connectivity index is 1.75. The van der Waals surface area contributed by atoms with E-state index in [0.717, 1.165) is 25.7 Å². The van der Waals surface area contributed by atoms with Crippen LogP contribution in [0.3, 0.4) is 0 Å². The standard InChI is InChI=1S/C16H20N2O5/c1-22-13(19)12-7-6-11(23-12)10-18-14(20)16(17-15(18)21)8-4-2-3-5-9-16/h6-7H,2-5,8-10H2,1H3,(H,17,21). The molecule has 3 amide bonds. The molecule has 0 radical (unpaired) electrons. The number of amides is 3. The second kappa shape index (κ2) is 6.06. The first-order valence-corrected chi connectivity index (χ1v) is 7.87. The van der Waals surface area contributed by atoms with Gasteiger partial charge in [0.05, 0.1) is 13.7 Å². The zero-order valence-corrected chi connectivity index (χ0v) is 13.1. The smallest absolute Gasteiger partial charge is 0.373 e. The average Bonchev–Trinajstić information content (AvgIpc) is 2.99. The van der Waals surface area contributed by atoms with Crippen molar-refractivity contribution < 1.29 is 23.5 Å². The molecule has 7 nitrogen and oxygen atoms in total. The van der Waals surface area contributed by atoms with Gasteiger partial charge in [-0.15, -0.1) is 0 Å². The number of methoxy groups -OCH3 is 1. The van der Waals surface area contributed by atoms with Gasteiger partial charge < -0.3 is 14.5 Å². The highest BCUT2D eigenvalue weighted by Crippen LogP contribution is 2.33. The molecule has 7 heteroatoms. The Labute approximate surface area is 134 Å². The molecular weight excluding hydrogens is 300 g/mol. The fraction of sp³-hybridized carbons (Fsp3) is 0.562. The van der Waals surface area contributed by atoms with Gasteiger partial charge in [0.25, 0.3) is 5.91 Å². The molecule has 0 unspecified atom stereocenters. The summed E-state index contributed by atoms with van der Waals surface area (Å²) in [4.78, 5) is 37.6. The average molecular weight is 320 g/mol. The Morgan fingerprint density at radius 3 is 2.61 bits per heavy atom. The van der Waals surface area contributed by atoms with E-state index < -0.39 is 17.5 Å². The highest BCUT2D eigenvalue weighted by Gasteiger charge is 2.50. The van der Waals surface area contributed by atoms with Crippen molar-refractivity contribution in [3.8, 4) is 0 Å². The summed E-state index contributed by atoms with van der Waals surface area (Å²) >= 11 is 0. The quantitative estimate of drug-likeness (QED) is 0.681. The van der Waals surface area contributed by atoms with Crippen molar-refractivity contribution in [3.05, 3.63) is 23.7 Å². The van der Waals surface area contributed by atoms with Crippen molar-refractivity contribution >= 4 is 17.9 Å². The number of ether oxygens (including phenoxy) is 1. The summed E-state index contributed by atoms with van der Waals surface area (Å²) in [7, 11) is 1.26. The van der Waals surface area contributed by atoms with Gasteiger partial charge in [-0.3, -0.25) is 9.69 Å². The predicted octanol–water partition coefficient (Wildman–Crippen LogP) is 2.21. The Hall–Kier alpha value is -2.31. The molecule has 2 heterocycles. The summed E-state index contributed by atoms with van der Waals surface area (Å²) in [6.45, 7) is 0.0173. The normalized spacial score (nSPS) is 20.5. The minimum atomic E-state index is -0.759. The number of hydrogen-bond acceptors (Lipinski definition) is 5. The summed E-state index contributed by atoms with van der Waals surface area (Å²) in [5, 5.41) is 2.87. The first-order chi connectivity index (χ1) is 11.1. The SMILES string of the molecule is COC(=O)c1ccc(CN2C(=O)NC3(CCCCCC3)C2=O)o1. The van der Waals surface area contributed by atoms with Gasteiger partial charge in [0.1, 0.15) is 11.3 Å². The van der Waals surface area contributed by atoms with Crippen molar-refractivity contribution in [3.63, 3.8) is 0 Å². The fourth-order valence-electron chi connectivity index (χ4n) is 3.32. The fourth-order valence-corrected chi connectivity index (χ4v) is 3.32. The number of esters is 1. The van der Waals surface area contributed by atoms with E-state index in [9.17, 15) is 14.4 Å². The van der Waals surface area contributed by atoms with Crippen molar-refractivity contribution in [2.45, 2.75) is 50.6 Å². The van der Waals surface area contributed by atoms with E-state index in [4.69, 9.17) is 4.42 Å². The number of urea groups is 1. The molecule has 0 aromatic carbocycles. The highest BCUT2D eigenvalue weighted by molar-refractivity contribution is 6.07. The second-order valence-electron chi connectivity index (χ2n) is 6.08. The van der Waals surface area contributed by atoms with E-state index in [2.05, 4.69) is 10.1 Å². The molecule has 1 spiro atoms. The van der Waals surface area contributed by atoms with Gasteiger partial charge in [0, 0.05) is 0 Å². The molecule has 1 aliphatic carbocycles. The molecule has 2 fully saturated rings. The van der Waals surface area contributed by atoms with E-state index in [1.165, 1.54) is 18.1 Å². The highest BCUT2D eigenvalue weighted by atomic mass is 16.5. The maximum Gasteiger partial charge on any atom is 0.373 e. The summed E-state index contributed by atoms with van der Waals surface area (Å²) in [6, 6.07) is 2.65. The van der Waals surface area contributed by atoms with E-state index in [0.29, 0.717) is 18.6 Å². The molecule has 0 atom stereocenters. The molecule has 1 aromatic heterocycles. The van der Waals surface area contributed by atoms with E-state index in [1.807, 2.05) is 0 Å². The maximum atomic E-state index is 12.8. The molecule has 0 bridgehead atoms. The maximum absolute atomic E-state index is 12.8. The van der Waals surface area contributed by atoms with Crippen LogP contribution in [0.5, 0.6) is 0 Å². The predicted molar refractivity (Wildman–Crippen MR) is 79.6 cm³/mol. The molecule has 1 N–H and O–H groups in total. The molecule has 3 rings (SSSR count). The number of carbonyl (C=O) groups excluding carboxylic acids is 3. The van der Waals surface area contributed by atoms with Crippen LogP contribution >= 0.6 is 0 Å². The van der Waals surface area contributed by atoms with Gasteiger partial charge in [0.15, 0.2) is 0 Å². The Bertz CT molecular complexity index is 628. The lowest BCUT2D eigenvalue weighted by Crippen LogP contribution is -2.46. The molecule has 1 saturated carbocycles. The van der Waals surface area contributed by atoms with E-state index >= 15 is 0 Å². The zero-order chi connectivity index (χ0) is 16.4. The monoisotopic (exact) mass is 320 g/mol. The van der Waals surface area contributed by atoms with Gasteiger partial charge in [-0.1, -0.05) is 25.7 Å². The lowest BCUT2D eigenvalue weighted by molar-refractivity contribution is -0.132. The van der Waals surface area contributed by atoms with Crippen LogP contribution in [-0.2, 0) is 16.1 Å². The van der Waals surface area contributed by atoms with Crippen LogP contribution in [0.4, 0.5) is 4.79 Å². The van der Waals surface area contributed by atoms with Crippen LogP contribution in [0.15, 0.2) is 16.5 Å². The number of carbonyl (C=O) groups is 3. The first kappa shape index (κ1) is 15.6. The third-order valence-corrected chi connectivity index (χ3v) is 4.57. The molecule has 23 heavy (non-hydrogen) atoms. The van der Waals surface area contributed by atoms with Gasteiger partial charge in [0.2, 0.25) is 5.76 Å². The summed E-state index contributed by atoms with van der Waals surface area (Å²) in [5.74, 6) is -0.354. The topological polar surface area (TPSA) is 88.9 Å². The zero-order valence-electron chi connectivity index (χ0n) is 13.1. The van der Waals surface area contributed by atoms with Crippen LogP contribution in [0.25, 0.3) is 0 Å². The van der Waals surface area contributed by atoms with Gasteiger partial charge in [-0.25, -0.2) is 9.59 Å². The minimum absolute atomic E-state index is 0.0173. The molecule has 1 saturated heterocycles. The Morgan fingerprint density at radius 2 is 1.96 bits per heavy atom. The molecular formula is C16H20N2O5. The number of imide groups is 1. The molecule has 2 aliphatic rings. The largest absolute Gasteiger partial charge is 0.463 e. The lowest BCUT2D eigenvalue weighted by Gasteiger charge is -2.24.